The summed E-state index contributed by atoms with van der Waals surface area (Å²) in [6.07, 6.45) is 1.08. The first-order chi connectivity index (χ1) is 9.07. The lowest BCUT2D eigenvalue weighted by molar-refractivity contribution is -0.137. The van der Waals surface area contributed by atoms with Crippen molar-refractivity contribution in [2.75, 3.05) is 0 Å². The Balaban J connectivity index is 2.28. The smallest absolute Gasteiger partial charge is 0.300 e. The molecular weight excluding hydrogens is 255 g/mol. The number of imidazole rings is 1. The summed E-state index contributed by atoms with van der Waals surface area (Å²) in [5.41, 5.74) is -0.0328. The number of alkyl halides is 3. The minimum Gasteiger partial charge on any atom is -0.300 e. The molecule has 19 heavy (non-hydrogen) atoms. The van der Waals surface area contributed by atoms with Crippen molar-refractivity contribution < 1.29 is 13.2 Å². The third-order valence-electron chi connectivity index (χ3n) is 2.81. The fourth-order valence-electron chi connectivity index (χ4n) is 1.96. The summed E-state index contributed by atoms with van der Waals surface area (Å²) in [7, 11) is 0. The van der Waals surface area contributed by atoms with Gasteiger partial charge in [0.25, 0.3) is 0 Å². The number of hydrogen-bond donors (Lipinski definition) is 0. The number of pyridine rings is 2. The second-order valence-electron chi connectivity index (χ2n) is 4.00. The van der Waals surface area contributed by atoms with Gasteiger partial charge < -0.3 is 0 Å². The van der Waals surface area contributed by atoms with E-state index in [9.17, 15) is 13.2 Å². The van der Waals surface area contributed by atoms with Crippen LogP contribution in [0.15, 0.2) is 49.1 Å². The zero-order valence-corrected chi connectivity index (χ0v) is 9.59. The van der Waals surface area contributed by atoms with Crippen LogP contribution in [0.5, 0.6) is 0 Å². The predicted octanol–water partition coefficient (Wildman–Crippen LogP) is 3.42. The number of nitrogens with zero attached hydrogens (tertiary/aromatic N) is 3. The van der Waals surface area contributed by atoms with E-state index in [0.29, 0.717) is 0 Å². The third kappa shape index (κ3) is 1.95. The van der Waals surface area contributed by atoms with E-state index in [1.54, 1.807) is 28.8 Å². The highest BCUT2D eigenvalue weighted by molar-refractivity contribution is 5.65. The van der Waals surface area contributed by atoms with Crippen LogP contribution >= 0.6 is 0 Å². The van der Waals surface area contributed by atoms with Gasteiger partial charge in [0.05, 0.1) is 17.3 Å². The van der Waals surface area contributed by atoms with Crippen LogP contribution in [0.1, 0.15) is 5.56 Å². The van der Waals surface area contributed by atoms with Crippen molar-refractivity contribution in [3.05, 3.63) is 54.6 Å². The van der Waals surface area contributed by atoms with Crippen molar-refractivity contribution in [3.8, 4) is 11.4 Å². The van der Waals surface area contributed by atoms with Gasteiger partial charge in [-0.25, -0.2) is 4.98 Å². The first-order valence-corrected chi connectivity index (χ1v) is 5.51. The number of hydrogen-bond acceptors (Lipinski definition) is 2. The summed E-state index contributed by atoms with van der Waals surface area (Å²) in [5, 5.41) is 0. The Kier molecular flexibility index (Phi) is 2.51. The average Bonchev–Trinajstić information content (AvgIpc) is 2.81. The molecule has 3 heterocycles. The van der Waals surface area contributed by atoms with Crippen molar-refractivity contribution in [1.29, 1.82) is 0 Å². The molecule has 6 heteroatoms. The topological polar surface area (TPSA) is 30.2 Å². The standard InChI is InChI=1S/C13H8F3N3/c14-13(15,16)11-4-5-17-8-10(11)12-18-7-9-3-1-2-6-19(9)12/h1-8H. The van der Waals surface area contributed by atoms with Crippen LogP contribution in [-0.2, 0) is 6.18 Å². The Hall–Kier alpha value is -2.37. The molecule has 0 aliphatic rings. The minimum absolute atomic E-state index is 0.0267. The predicted molar refractivity (Wildman–Crippen MR) is 63.4 cm³/mol. The number of aromatic nitrogens is 3. The number of halogens is 3. The highest BCUT2D eigenvalue weighted by Gasteiger charge is 2.34. The molecule has 96 valence electrons. The maximum absolute atomic E-state index is 13.0. The maximum Gasteiger partial charge on any atom is 0.417 e. The van der Waals surface area contributed by atoms with E-state index >= 15 is 0 Å². The lowest BCUT2D eigenvalue weighted by Gasteiger charge is -2.11. The Bertz CT molecular complexity index is 731. The molecule has 3 aromatic heterocycles. The Labute approximate surface area is 106 Å². The van der Waals surface area contributed by atoms with Gasteiger partial charge in [-0.05, 0) is 18.2 Å². The third-order valence-corrected chi connectivity index (χ3v) is 2.81. The van der Waals surface area contributed by atoms with Crippen LogP contribution in [-0.4, -0.2) is 14.4 Å². The summed E-state index contributed by atoms with van der Waals surface area (Å²) < 4.78 is 40.5. The minimum atomic E-state index is -4.43. The second kappa shape index (κ2) is 4.08. The molecule has 0 atom stereocenters. The molecule has 0 N–H and O–H groups in total. The molecule has 0 aliphatic carbocycles. The molecular formula is C13H8F3N3. The molecule has 0 aromatic carbocycles. The van der Waals surface area contributed by atoms with Gasteiger partial charge in [0.1, 0.15) is 5.82 Å². The summed E-state index contributed by atoms with van der Waals surface area (Å²) in [6.45, 7) is 0. The maximum atomic E-state index is 13.0. The highest BCUT2D eigenvalue weighted by atomic mass is 19.4. The molecule has 0 spiro atoms. The quantitative estimate of drug-likeness (QED) is 0.673. The van der Waals surface area contributed by atoms with Gasteiger partial charge in [-0.1, -0.05) is 6.07 Å². The Morgan fingerprint density at radius 2 is 1.89 bits per heavy atom. The molecule has 0 unspecified atom stereocenters. The number of fused-ring (bicyclic) bond motifs is 1. The van der Waals surface area contributed by atoms with Crippen molar-refractivity contribution in [2.24, 2.45) is 0 Å². The van der Waals surface area contributed by atoms with Crippen LogP contribution in [0.4, 0.5) is 13.2 Å². The molecule has 3 aromatic rings. The Morgan fingerprint density at radius 1 is 1.05 bits per heavy atom. The van der Waals surface area contributed by atoms with Gasteiger partial charge >= 0.3 is 6.18 Å². The first kappa shape index (κ1) is 11.7. The van der Waals surface area contributed by atoms with Crippen LogP contribution in [0.2, 0.25) is 0 Å². The van der Waals surface area contributed by atoms with E-state index in [4.69, 9.17) is 0 Å². The van der Waals surface area contributed by atoms with Crippen LogP contribution < -0.4 is 0 Å². The SMILES string of the molecule is FC(F)(F)c1ccncc1-c1ncc2ccccn12. The van der Waals surface area contributed by atoms with Gasteiger partial charge in [-0.2, -0.15) is 13.2 Å². The molecule has 3 rings (SSSR count). The zero-order valence-electron chi connectivity index (χ0n) is 9.59. The summed E-state index contributed by atoms with van der Waals surface area (Å²) >= 11 is 0. The van der Waals surface area contributed by atoms with E-state index in [1.807, 2.05) is 0 Å². The molecule has 0 saturated heterocycles. The fourth-order valence-corrected chi connectivity index (χ4v) is 1.96. The van der Waals surface area contributed by atoms with Gasteiger partial charge in [-0.3, -0.25) is 9.38 Å². The van der Waals surface area contributed by atoms with E-state index < -0.39 is 11.7 Å². The molecule has 0 aliphatic heterocycles. The molecule has 0 fully saturated rings. The van der Waals surface area contributed by atoms with Gasteiger partial charge in [0.2, 0.25) is 0 Å². The molecule has 0 amide bonds. The first-order valence-electron chi connectivity index (χ1n) is 5.51. The Morgan fingerprint density at radius 3 is 2.68 bits per heavy atom. The van der Waals surface area contributed by atoms with Crippen molar-refractivity contribution in [1.82, 2.24) is 14.4 Å². The van der Waals surface area contributed by atoms with Gasteiger partial charge in [0, 0.05) is 24.2 Å². The number of rotatable bonds is 1. The molecule has 0 radical (unpaired) electrons. The molecule has 0 bridgehead atoms. The average molecular weight is 263 g/mol. The van der Waals surface area contributed by atoms with E-state index in [-0.39, 0.29) is 11.4 Å². The summed E-state index contributed by atoms with van der Waals surface area (Å²) in [6, 6.07) is 6.27. The largest absolute Gasteiger partial charge is 0.417 e. The van der Waals surface area contributed by atoms with Crippen molar-refractivity contribution >= 4 is 5.52 Å². The van der Waals surface area contributed by atoms with Gasteiger partial charge in [-0.15, -0.1) is 0 Å². The summed E-state index contributed by atoms with van der Waals surface area (Å²) in [4.78, 5) is 7.83. The fraction of sp³-hybridized carbons (Fsp3) is 0.0769. The van der Waals surface area contributed by atoms with Crippen molar-refractivity contribution in [2.45, 2.75) is 6.18 Å². The lowest BCUT2D eigenvalue weighted by atomic mass is 10.1. The van der Waals surface area contributed by atoms with Crippen LogP contribution in [0.3, 0.4) is 0 Å². The second-order valence-corrected chi connectivity index (χ2v) is 4.00. The lowest BCUT2D eigenvalue weighted by Crippen LogP contribution is -2.08. The van der Waals surface area contributed by atoms with Crippen molar-refractivity contribution in [3.63, 3.8) is 0 Å². The van der Waals surface area contributed by atoms with E-state index in [0.717, 1.165) is 17.8 Å². The van der Waals surface area contributed by atoms with Crippen LogP contribution in [0.25, 0.3) is 16.9 Å². The normalized spacial score (nSPS) is 11.9. The monoisotopic (exact) mass is 263 g/mol. The van der Waals surface area contributed by atoms with Crippen LogP contribution in [0, 0.1) is 0 Å². The summed E-state index contributed by atoms with van der Waals surface area (Å²) in [5.74, 6) is 0.232. The zero-order chi connectivity index (χ0) is 13.5. The van der Waals surface area contributed by atoms with Gasteiger partial charge in [0.15, 0.2) is 0 Å². The molecule has 0 saturated carbocycles. The van der Waals surface area contributed by atoms with E-state index in [1.165, 1.54) is 12.4 Å². The highest BCUT2D eigenvalue weighted by Crippen LogP contribution is 2.35. The molecule has 3 nitrogen and oxygen atoms in total. The van der Waals surface area contributed by atoms with E-state index in [2.05, 4.69) is 9.97 Å².